The molecule has 1 N–H and O–H groups in total. The molecule has 0 bridgehead atoms. The molecule has 2 saturated heterocycles. The normalized spacial score (nSPS) is 28.4. The molecule has 2 rings (SSSR count). The smallest absolute Gasteiger partial charge is 0.168 e. The van der Waals surface area contributed by atoms with Gasteiger partial charge in [-0.1, -0.05) is 0 Å². The summed E-state index contributed by atoms with van der Waals surface area (Å²) < 4.78 is 0. The Morgan fingerprint density at radius 2 is 1.88 bits per heavy atom. The zero-order chi connectivity index (χ0) is 11.5. The molecule has 16 heavy (non-hydrogen) atoms. The fraction of sp³-hybridized carbons (Fsp3) is 0.917. The lowest BCUT2D eigenvalue weighted by Crippen LogP contribution is -2.46. The molecule has 2 aliphatic rings. The fourth-order valence-electron chi connectivity index (χ4n) is 3.09. The summed E-state index contributed by atoms with van der Waals surface area (Å²) in [5.74, 6) is 0.852. The molecule has 0 amide bonds. The summed E-state index contributed by atoms with van der Waals surface area (Å²) in [5.41, 5.74) is 0. The predicted octanol–water partition coefficient (Wildman–Crippen LogP) is 1.30. The van der Waals surface area contributed by atoms with Crippen LogP contribution in [0.15, 0.2) is 0 Å². The van der Waals surface area contributed by atoms with Crippen LogP contribution in [0.5, 0.6) is 0 Å². The minimum absolute atomic E-state index is 0.702. The number of nitrogens with one attached hydrogen (secondary N) is 1. The van der Waals surface area contributed by atoms with Crippen LogP contribution in [0.1, 0.15) is 25.7 Å². The van der Waals surface area contributed by atoms with Crippen molar-refractivity contribution in [2.75, 3.05) is 33.7 Å². The van der Waals surface area contributed by atoms with Crippen molar-refractivity contribution in [3.8, 4) is 0 Å². The Labute approximate surface area is 104 Å². The molecule has 0 aromatic rings. The van der Waals surface area contributed by atoms with E-state index in [1.165, 1.54) is 38.8 Å². The van der Waals surface area contributed by atoms with Crippen molar-refractivity contribution in [2.24, 2.45) is 5.92 Å². The first kappa shape index (κ1) is 12.1. The summed E-state index contributed by atoms with van der Waals surface area (Å²) in [6, 6.07) is 0.702. The third-order valence-electron chi connectivity index (χ3n) is 4.08. The molecule has 0 aliphatic carbocycles. The molecule has 2 heterocycles. The number of thiocarbonyl (C=S) groups is 1. The topological polar surface area (TPSA) is 18.5 Å². The van der Waals surface area contributed by atoms with Crippen LogP contribution in [0.3, 0.4) is 0 Å². The largest absolute Gasteiger partial charge is 0.366 e. The number of hydrogen-bond acceptors (Lipinski definition) is 2. The van der Waals surface area contributed by atoms with E-state index in [0.29, 0.717) is 6.04 Å². The number of likely N-dealkylation sites (tertiary alicyclic amines) is 2. The highest BCUT2D eigenvalue weighted by atomic mass is 32.1. The second-order valence-electron chi connectivity index (χ2n) is 5.10. The van der Waals surface area contributed by atoms with Crippen molar-refractivity contribution in [2.45, 2.75) is 31.7 Å². The van der Waals surface area contributed by atoms with Crippen molar-refractivity contribution < 1.29 is 0 Å². The Bertz CT molecular complexity index is 249. The summed E-state index contributed by atoms with van der Waals surface area (Å²) in [7, 11) is 4.16. The lowest BCUT2D eigenvalue weighted by atomic mass is 9.88. The van der Waals surface area contributed by atoms with Gasteiger partial charge >= 0.3 is 0 Å². The molecule has 0 saturated carbocycles. The van der Waals surface area contributed by atoms with E-state index in [1.54, 1.807) is 0 Å². The van der Waals surface area contributed by atoms with Gasteiger partial charge in [-0.25, -0.2) is 0 Å². The second kappa shape index (κ2) is 5.32. The van der Waals surface area contributed by atoms with E-state index in [1.807, 2.05) is 7.05 Å². The fourth-order valence-corrected chi connectivity index (χ4v) is 3.32. The number of rotatable bonds is 1. The van der Waals surface area contributed by atoms with Gasteiger partial charge in [0.05, 0.1) is 0 Å². The maximum atomic E-state index is 5.39. The quantitative estimate of drug-likeness (QED) is 0.697. The molecule has 1 unspecified atom stereocenters. The number of hydrogen-bond donors (Lipinski definition) is 1. The maximum Gasteiger partial charge on any atom is 0.168 e. The van der Waals surface area contributed by atoms with Gasteiger partial charge in [-0.15, -0.1) is 0 Å². The third kappa shape index (κ3) is 2.48. The van der Waals surface area contributed by atoms with E-state index in [0.717, 1.165) is 17.6 Å². The van der Waals surface area contributed by atoms with Crippen LogP contribution in [-0.2, 0) is 0 Å². The van der Waals surface area contributed by atoms with Gasteiger partial charge in [-0.05, 0) is 64.0 Å². The monoisotopic (exact) mass is 241 g/mol. The lowest BCUT2D eigenvalue weighted by molar-refractivity contribution is 0.160. The van der Waals surface area contributed by atoms with Gasteiger partial charge in [0.15, 0.2) is 5.11 Å². The zero-order valence-electron chi connectivity index (χ0n) is 10.4. The average Bonchev–Trinajstić information content (AvgIpc) is 2.78. The van der Waals surface area contributed by atoms with Crippen LogP contribution in [-0.4, -0.2) is 54.7 Å². The van der Waals surface area contributed by atoms with Gasteiger partial charge in [0, 0.05) is 19.6 Å². The number of nitrogens with zero attached hydrogens (tertiary/aromatic N) is 2. The van der Waals surface area contributed by atoms with Gasteiger partial charge in [0.1, 0.15) is 0 Å². The summed E-state index contributed by atoms with van der Waals surface area (Å²) >= 11 is 5.39. The van der Waals surface area contributed by atoms with Crippen molar-refractivity contribution in [3.63, 3.8) is 0 Å². The molecule has 0 radical (unpaired) electrons. The average molecular weight is 241 g/mol. The second-order valence-corrected chi connectivity index (χ2v) is 5.49. The zero-order valence-corrected chi connectivity index (χ0v) is 11.2. The SMILES string of the molecule is CNC(=S)N1CCCC1C1CCN(C)CC1. The van der Waals surface area contributed by atoms with Gasteiger partial charge < -0.3 is 15.1 Å². The molecule has 0 aromatic carbocycles. The van der Waals surface area contributed by atoms with E-state index >= 15 is 0 Å². The molecular formula is C12H23N3S. The van der Waals surface area contributed by atoms with E-state index in [2.05, 4.69) is 22.2 Å². The van der Waals surface area contributed by atoms with Gasteiger partial charge in [0.2, 0.25) is 0 Å². The minimum atomic E-state index is 0.702. The molecule has 92 valence electrons. The van der Waals surface area contributed by atoms with Crippen LogP contribution in [0, 0.1) is 5.92 Å². The lowest BCUT2D eigenvalue weighted by Gasteiger charge is -2.37. The van der Waals surface area contributed by atoms with Crippen LogP contribution in [0.2, 0.25) is 0 Å². The molecule has 2 aliphatic heterocycles. The van der Waals surface area contributed by atoms with Gasteiger partial charge in [0.25, 0.3) is 0 Å². The Morgan fingerprint density at radius 1 is 1.19 bits per heavy atom. The Hall–Kier alpha value is -0.350. The molecule has 4 heteroatoms. The van der Waals surface area contributed by atoms with Crippen LogP contribution < -0.4 is 5.32 Å². The van der Waals surface area contributed by atoms with Crippen molar-refractivity contribution in [1.82, 2.24) is 15.1 Å². The van der Waals surface area contributed by atoms with Gasteiger partial charge in [-0.2, -0.15) is 0 Å². The Morgan fingerprint density at radius 3 is 2.50 bits per heavy atom. The minimum Gasteiger partial charge on any atom is -0.366 e. The summed E-state index contributed by atoms with van der Waals surface area (Å²) in [6.45, 7) is 3.65. The van der Waals surface area contributed by atoms with Crippen molar-refractivity contribution in [3.05, 3.63) is 0 Å². The molecular weight excluding hydrogens is 218 g/mol. The third-order valence-corrected chi connectivity index (χ3v) is 4.52. The molecule has 2 fully saturated rings. The molecule has 0 spiro atoms. The van der Waals surface area contributed by atoms with E-state index in [4.69, 9.17) is 12.2 Å². The van der Waals surface area contributed by atoms with E-state index in [-0.39, 0.29) is 0 Å². The predicted molar refractivity (Wildman–Crippen MR) is 71.6 cm³/mol. The maximum absolute atomic E-state index is 5.39. The highest BCUT2D eigenvalue weighted by Crippen LogP contribution is 2.30. The van der Waals surface area contributed by atoms with Crippen LogP contribution >= 0.6 is 12.2 Å². The first-order chi connectivity index (χ1) is 7.72. The standard InChI is InChI=1S/C12H23N3S/c1-13-12(16)15-7-3-4-11(15)10-5-8-14(2)9-6-10/h10-11H,3-9H2,1-2H3,(H,13,16). The summed E-state index contributed by atoms with van der Waals surface area (Å²) in [5, 5.41) is 4.08. The van der Waals surface area contributed by atoms with E-state index in [9.17, 15) is 0 Å². The Kier molecular flexibility index (Phi) is 4.03. The van der Waals surface area contributed by atoms with Crippen molar-refractivity contribution in [1.29, 1.82) is 0 Å². The van der Waals surface area contributed by atoms with Gasteiger partial charge in [-0.3, -0.25) is 0 Å². The first-order valence-corrected chi connectivity index (χ1v) is 6.80. The van der Waals surface area contributed by atoms with Crippen LogP contribution in [0.25, 0.3) is 0 Å². The van der Waals surface area contributed by atoms with E-state index < -0.39 is 0 Å². The highest BCUT2D eigenvalue weighted by molar-refractivity contribution is 7.80. The first-order valence-electron chi connectivity index (χ1n) is 6.39. The molecule has 3 nitrogen and oxygen atoms in total. The van der Waals surface area contributed by atoms with Crippen molar-refractivity contribution >= 4 is 17.3 Å². The highest BCUT2D eigenvalue weighted by Gasteiger charge is 2.34. The summed E-state index contributed by atoms with van der Waals surface area (Å²) in [4.78, 5) is 4.86. The summed E-state index contributed by atoms with van der Waals surface area (Å²) in [6.07, 6.45) is 5.31. The van der Waals surface area contributed by atoms with Crippen LogP contribution in [0.4, 0.5) is 0 Å². The molecule has 0 aromatic heterocycles. The number of piperidine rings is 1. The molecule has 1 atom stereocenters. The Balaban J connectivity index is 1.94.